The number of ether oxygens (including phenoxy) is 4. The van der Waals surface area contributed by atoms with Gasteiger partial charge in [-0.25, -0.2) is 13.6 Å². The first kappa shape index (κ1) is 39.9. The maximum atomic E-state index is 15.3. The maximum Gasteiger partial charge on any atom is 0.344 e. The number of benzene rings is 2. The molecule has 0 radical (unpaired) electrons. The summed E-state index contributed by atoms with van der Waals surface area (Å²) in [7, 11) is 5.94. The summed E-state index contributed by atoms with van der Waals surface area (Å²) in [6.45, 7) is 6.55. The molecule has 5 aliphatic heterocycles. The van der Waals surface area contributed by atoms with E-state index in [9.17, 15) is 14.7 Å². The van der Waals surface area contributed by atoms with Gasteiger partial charge in [0.15, 0.2) is 6.10 Å². The van der Waals surface area contributed by atoms with Crippen LogP contribution in [0.15, 0.2) is 48.6 Å². The number of fused-ring (bicyclic) bond motifs is 6. The second-order valence-corrected chi connectivity index (χ2v) is 18.0. The molecule has 12 nitrogen and oxygen atoms in total. The van der Waals surface area contributed by atoms with E-state index in [1.165, 1.54) is 28.3 Å². The van der Waals surface area contributed by atoms with E-state index in [1.807, 2.05) is 67.4 Å². The Morgan fingerprint density at radius 3 is 2.46 bits per heavy atom. The van der Waals surface area contributed by atoms with E-state index in [1.54, 1.807) is 0 Å². The van der Waals surface area contributed by atoms with E-state index >= 15 is 13.6 Å². The molecule has 2 saturated heterocycles. The van der Waals surface area contributed by atoms with E-state index in [4.69, 9.17) is 18.9 Å². The fraction of sp³-hybridized carbons (Fsp3) is 0.578. The third kappa shape index (κ3) is 5.17. The number of para-hydroxylation sites is 1. The van der Waals surface area contributed by atoms with Crippen molar-refractivity contribution < 1.29 is 47.2 Å². The number of nitrogens with zero attached hydrogens (tertiary/aromatic N) is 3. The molecule has 1 aromatic heterocycles. The quantitative estimate of drug-likeness (QED) is 0.188. The van der Waals surface area contributed by atoms with Crippen LogP contribution in [0.1, 0.15) is 68.8 Å². The number of aliphatic hydroxyl groups is 1. The zero-order valence-electron chi connectivity index (χ0n) is 34.8. The van der Waals surface area contributed by atoms with E-state index in [0.29, 0.717) is 61.7 Å². The Morgan fingerprint density at radius 1 is 1.03 bits per heavy atom. The van der Waals surface area contributed by atoms with Crippen molar-refractivity contribution in [1.29, 1.82) is 0 Å². The van der Waals surface area contributed by atoms with Crippen molar-refractivity contribution in [2.75, 3.05) is 59.5 Å². The number of methoxy groups -OCH3 is 3. The highest BCUT2D eigenvalue weighted by Gasteiger charge is 2.80. The molecule has 3 aromatic rings. The Kier molecular flexibility index (Phi) is 9.12. The molecule has 59 heavy (non-hydrogen) atoms. The van der Waals surface area contributed by atoms with Crippen molar-refractivity contribution in [3.8, 4) is 5.75 Å². The normalized spacial score (nSPS) is 35.8. The van der Waals surface area contributed by atoms with Crippen molar-refractivity contribution in [2.24, 2.45) is 17.3 Å². The summed E-state index contributed by atoms with van der Waals surface area (Å²) in [6, 6.07) is 10.3. The molecular weight excluding hydrogens is 763 g/mol. The number of rotatable bonds is 7. The zero-order valence-corrected chi connectivity index (χ0v) is 34.8. The van der Waals surface area contributed by atoms with Gasteiger partial charge in [0, 0.05) is 96.9 Å². The summed E-state index contributed by atoms with van der Waals surface area (Å²) in [4.78, 5) is 52.5. The molecule has 14 heteroatoms. The lowest BCUT2D eigenvalue weighted by atomic mass is 9.47. The molecule has 1 saturated carbocycles. The number of hydrogen-bond donors (Lipinski definition) is 2. The van der Waals surface area contributed by atoms with Crippen LogP contribution in [0.3, 0.4) is 0 Å². The fourth-order valence-electron chi connectivity index (χ4n) is 13.2. The smallest absolute Gasteiger partial charge is 0.344 e. The van der Waals surface area contributed by atoms with Gasteiger partial charge in [0.25, 0.3) is 0 Å². The third-order valence-electron chi connectivity index (χ3n) is 15.3. The molecule has 1 unspecified atom stereocenters. The van der Waals surface area contributed by atoms with Gasteiger partial charge in [-0.3, -0.25) is 19.4 Å². The Balaban J connectivity index is 1.35. The van der Waals surface area contributed by atoms with E-state index in [0.717, 1.165) is 29.0 Å². The van der Waals surface area contributed by atoms with E-state index < -0.39 is 63.7 Å². The summed E-state index contributed by atoms with van der Waals surface area (Å²) < 4.78 is 54.3. The third-order valence-corrected chi connectivity index (χ3v) is 15.3. The second kappa shape index (κ2) is 13.5. The minimum absolute atomic E-state index is 0.155. The largest absolute Gasteiger partial charge is 0.496 e. The number of nitrogens with one attached hydrogen (secondary N) is 1. The number of carbonyl (C=O) groups is 3. The van der Waals surface area contributed by atoms with Gasteiger partial charge in [0.1, 0.15) is 11.2 Å². The molecule has 6 aliphatic rings. The SMILES string of the molecule is CC[C@]12C=CCN3CC[C@@]4(c5cc([C@@]6(C(=O)OC)C[C@@H]7C[C@H](C(C)(F)F)C[N@@](Cc8c6[nH]c6ccccc86)C7)c(OC)cc5N(C)[C@H]4[C@@](O)(C(=O)OC)[C@@H]1OC(C)=O)C32. The monoisotopic (exact) mass is 816 g/mol. The average Bonchev–Trinajstić information content (AvgIpc) is 3.86. The number of carbonyl (C=O) groups excluding carboxylic acids is 3. The second-order valence-electron chi connectivity index (χ2n) is 18.0. The van der Waals surface area contributed by atoms with Gasteiger partial charge in [0.2, 0.25) is 11.5 Å². The first-order valence-corrected chi connectivity index (χ1v) is 20.7. The lowest BCUT2D eigenvalue weighted by Crippen LogP contribution is -2.81. The highest BCUT2D eigenvalue weighted by atomic mass is 19.3. The van der Waals surface area contributed by atoms with Crippen molar-refractivity contribution in [2.45, 2.75) is 93.5 Å². The van der Waals surface area contributed by atoms with Gasteiger partial charge in [-0.1, -0.05) is 37.3 Å². The topological polar surface area (TPSA) is 134 Å². The first-order chi connectivity index (χ1) is 28.1. The fourth-order valence-corrected chi connectivity index (χ4v) is 13.2. The van der Waals surface area contributed by atoms with Gasteiger partial charge in [0.05, 0.1) is 27.4 Å². The molecule has 3 fully saturated rings. The number of piperidine rings is 1. The first-order valence-electron chi connectivity index (χ1n) is 20.7. The number of alkyl halides is 2. The highest BCUT2D eigenvalue weighted by molar-refractivity contribution is 5.95. The van der Waals surface area contributed by atoms with Gasteiger partial charge < -0.3 is 33.9 Å². The van der Waals surface area contributed by atoms with Crippen LogP contribution in [0.4, 0.5) is 14.5 Å². The number of aromatic nitrogens is 1. The van der Waals surface area contributed by atoms with Gasteiger partial charge in [-0.05, 0) is 68.3 Å². The van der Waals surface area contributed by atoms with Crippen molar-refractivity contribution >= 4 is 34.5 Å². The minimum Gasteiger partial charge on any atom is -0.496 e. The molecule has 1 spiro atoms. The summed E-state index contributed by atoms with van der Waals surface area (Å²) >= 11 is 0. The van der Waals surface area contributed by atoms with Gasteiger partial charge in [-0.15, -0.1) is 0 Å². The summed E-state index contributed by atoms with van der Waals surface area (Å²) in [6.07, 6.45) is 4.04. The van der Waals surface area contributed by atoms with Crippen LogP contribution in [0, 0.1) is 17.3 Å². The van der Waals surface area contributed by atoms with Crippen LogP contribution in [-0.4, -0.2) is 122 Å². The Bertz CT molecular complexity index is 2270. The maximum absolute atomic E-state index is 15.3. The Labute approximate surface area is 342 Å². The number of aromatic amines is 1. The summed E-state index contributed by atoms with van der Waals surface area (Å²) in [5.41, 5.74) is -1.64. The molecular formula is C45H54F2N4O8. The van der Waals surface area contributed by atoms with Crippen molar-refractivity contribution in [3.63, 3.8) is 0 Å². The zero-order chi connectivity index (χ0) is 42.0. The molecule has 0 amide bonds. The molecule has 316 valence electrons. The van der Waals surface area contributed by atoms with E-state index in [2.05, 4.69) is 14.8 Å². The van der Waals surface area contributed by atoms with E-state index in [-0.39, 0.29) is 31.3 Å². The predicted octanol–water partition coefficient (Wildman–Crippen LogP) is 5.08. The summed E-state index contributed by atoms with van der Waals surface area (Å²) in [5, 5.41) is 14.2. The van der Waals surface area contributed by atoms with Crippen LogP contribution >= 0.6 is 0 Å². The summed E-state index contributed by atoms with van der Waals surface area (Å²) in [5.74, 6) is -5.92. The van der Waals surface area contributed by atoms with Crippen LogP contribution < -0.4 is 9.64 Å². The number of anilines is 1. The standard InChI is InChI=1S/C45H54F2N4O8/c1-8-42-14-11-16-51-17-15-43(36(42)51)30-19-31(34(56-5)20-33(30)49(4)37(43)45(55,40(54)58-7)38(42)59-25(2)52)44(39(53)57-6)21-26-18-27(41(3,46)47)23-50(22-26)24-29-28-12-9-10-13-32(28)48-35(29)44/h9-14,19-20,26-27,36-38,48,55H,8,15-18,21-24H2,1-7H3/t26-,27-,36?,37+,38+,42+,43+,44-,45-/m0/s1. The molecule has 2 bridgehead atoms. The van der Waals surface area contributed by atoms with Crippen LogP contribution in [-0.2, 0) is 46.0 Å². The Morgan fingerprint density at radius 2 is 1.78 bits per heavy atom. The van der Waals surface area contributed by atoms with Crippen molar-refractivity contribution in [1.82, 2.24) is 14.8 Å². The molecule has 10 atom stereocenters. The lowest BCUT2D eigenvalue weighted by Gasteiger charge is -2.63. The molecule has 1 aliphatic carbocycles. The number of esters is 3. The number of halogens is 2. The molecule has 6 heterocycles. The molecule has 2 aromatic carbocycles. The lowest BCUT2D eigenvalue weighted by molar-refractivity contribution is -0.228. The molecule has 2 N–H and O–H groups in total. The van der Waals surface area contributed by atoms with Crippen LogP contribution in [0.2, 0.25) is 0 Å². The highest BCUT2D eigenvalue weighted by Crippen LogP contribution is 2.68. The molecule has 9 rings (SSSR count). The van der Waals surface area contributed by atoms with Gasteiger partial charge >= 0.3 is 17.9 Å². The van der Waals surface area contributed by atoms with Gasteiger partial charge in [-0.2, -0.15) is 0 Å². The van der Waals surface area contributed by atoms with Crippen molar-refractivity contribution in [3.05, 3.63) is 70.9 Å². The van der Waals surface area contributed by atoms with Crippen LogP contribution in [0.25, 0.3) is 10.9 Å². The predicted molar refractivity (Wildman–Crippen MR) is 214 cm³/mol. The number of likely N-dealkylation sites (N-methyl/N-ethyl adjacent to an activating group) is 1. The van der Waals surface area contributed by atoms with Crippen LogP contribution in [0.5, 0.6) is 5.75 Å². The number of H-pyrrole nitrogens is 1. The average molecular weight is 817 g/mol. The number of hydrogen-bond acceptors (Lipinski definition) is 11. The Hall–Kier alpha value is -4.53. The minimum atomic E-state index is -2.94.